The van der Waals surface area contributed by atoms with E-state index in [0.717, 1.165) is 23.1 Å². The zero-order chi connectivity index (χ0) is 13.9. The van der Waals surface area contributed by atoms with Crippen molar-refractivity contribution in [2.75, 3.05) is 5.32 Å². The van der Waals surface area contributed by atoms with Crippen LogP contribution in [0.15, 0.2) is 54.7 Å². The van der Waals surface area contributed by atoms with E-state index in [1.54, 1.807) is 0 Å². The van der Waals surface area contributed by atoms with Crippen molar-refractivity contribution < 1.29 is 0 Å². The van der Waals surface area contributed by atoms with Gasteiger partial charge in [-0.2, -0.15) is 0 Å². The Hall–Kier alpha value is -2.35. The number of hydrogen-bond acceptors (Lipinski definition) is 2. The molecule has 0 amide bonds. The summed E-state index contributed by atoms with van der Waals surface area (Å²) in [4.78, 5) is 4.46. The lowest BCUT2D eigenvalue weighted by molar-refractivity contribution is 1.13. The number of rotatable bonds is 3. The summed E-state index contributed by atoms with van der Waals surface area (Å²) in [6, 6.07) is 16.9. The lowest BCUT2D eigenvalue weighted by Gasteiger charge is -2.09. The highest BCUT2D eigenvalue weighted by molar-refractivity contribution is 5.81. The van der Waals surface area contributed by atoms with Crippen LogP contribution in [0.5, 0.6) is 0 Å². The summed E-state index contributed by atoms with van der Waals surface area (Å²) in [5.41, 5.74) is 6.05. The Labute approximate surface area is 119 Å². The number of nitrogens with one attached hydrogen (secondary N) is 1. The van der Waals surface area contributed by atoms with E-state index in [9.17, 15) is 0 Å². The first-order chi connectivity index (χ1) is 9.72. The van der Waals surface area contributed by atoms with Gasteiger partial charge in [0.2, 0.25) is 0 Å². The van der Waals surface area contributed by atoms with E-state index in [0.29, 0.717) is 0 Å². The zero-order valence-corrected chi connectivity index (χ0v) is 11.9. The van der Waals surface area contributed by atoms with Crippen LogP contribution < -0.4 is 5.32 Å². The second-order valence-electron chi connectivity index (χ2n) is 5.19. The molecule has 100 valence electrons. The van der Waals surface area contributed by atoms with Crippen LogP contribution in [0.4, 0.5) is 5.69 Å². The van der Waals surface area contributed by atoms with Gasteiger partial charge >= 0.3 is 0 Å². The molecule has 20 heavy (non-hydrogen) atoms. The van der Waals surface area contributed by atoms with Gasteiger partial charge in [0.25, 0.3) is 0 Å². The first-order valence-corrected chi connectivity index (χ1v) is 6.87. The van der Waals surface area contributed by atoms with Crippen molar-refractivity contribution in [2.24, 2.45) is 0 Å². The largest absolute Gasteiger partial charge is 0.380 e. The average molecular weight is 262 g/mol. The molecule has 0 radical (unpaired) electrons. The molecule has 3 rings (SSSR count). The maximum atomic E-state index is 4.46. The van der Waals surface area contributed by atoms with Crippen molar-refractivity contribution in [3.8, 4) is 0 Å². The summed E-state index contributed by atoms with van der Waals surface area (Å²) in [5.74, 6) is 0. The van der Waals surface area contributed by atoms with Gasteiger partial charge in [0.1, 0.15) is 0 Å². The van der Waals surface area contributed by atoms with Gasteiger partial charge in [0, 0.05) is 11.9 Å². The van der Waals surface area contributed by atoms with E-state index in [-0.39, 0.29) is 0 Å². The topological polar surface area (TPSA) is 24.9 Å². The fraction of sp³-hybridized carbons (Fsp3) is 0.167. The highest BCUT2D eigenvalue weighted by Crippen LogP contribution is 2.17. The molecule has 1 aromatic heterocycles. The third-order valence-electron chi connectivity index (χ3n) is 3.66. The van der Waals surface area contributed by atoms with Crippen LogP contribution in [0, 0.1) is 13.8 Å². The number of aryl methyl sites for hydroxylation is 2. The molecule has 2 aromatic carbocycles. The Bertz CT molecular complexity index is 747. The molecule has 0 aliphatic rings. The highest BCUT2D eigenvalue weighted by Gasteiger charge is 1.99. The first kappa shape index (κ1) is 12.7. The van der Waals surface area contributed by atoms with Crippen molar-refractivity contribution in [3.05, 3.63) is 71.4 Å². The maximum Gasteiger partial charge on any atom is 0.0703 e. The Morgan fingerprint density at radius 2 is 1.80 bits per heavy atom. The summed E-state index contributed by atoms with van der Waals surface area (Å²) in [7, 11) is 0. The lowest BCUT2D eigenvalue weighted by atomic mass is 10.1. The van der Waals surface area contributed by atoms with Crippen molar-refractivity contribution in [1.82, 2.24) is 4.98 Å². The first-order valence-electron chi connectivity index (χ1n) is 6.87. The lowest BCUT2D eigenvalue weighted by Crippen LogP contribution is -2.00. The van der Waals surface area contributed by atoms with Crippen LogP contribution in [0.1, 0.15) is 16.7 Å². The van der Waals surface area contributed by atoms with Crippen molar-refractivity contribution in [2.45, 2.75) is 20.4 Å². The number of anilines is 1. The van der Waals surface area contributed by atoms with Gasteiger partial charge in [-0.25, -0.2) is 0 Å². The standard InChI is InChI=1S/C18H18N2/c1-13-7-8-15(9-14(13)2)11-19-17-10-16-5-3-4-6-18(16)20-12-17/h3-10,12,19H,11H2,1-2H3. The zero-order valence-electron chi connectivity index (χ0n) is 11.9. The van der Waals surface area contributed by atoms with Gasteiger partial charge in [-0.05, 0) is 42.7 Å². The van der Waals surface area contributed by atoms with Crippen molar-refractivity contribution >= 4 is 16.6 Å². The SMILES string of the molecule is Cc1ccc(CNc2cnc3ccccc3c2)cc1C. The second-order valence-corrected chi connectivity index (χ2v) is 5.19. The van der Waals surface area contributed by atoms with Gasteiger partial charge in [-0.15, -0.1) is 0 Å². The number of hydrogen-bond donors (Lipinski definition) is 1. The molecule has 0 saturated heterocycles. The molecule has 0 atom stereocenters. The molecular weight excluding hydrogens is 244 g/mol. The van der Waals surface area contributed by atoms with E-state index in [2.05, 4.69) is 54.5 Å². The van der Waals surface area contributed by atoms with Gasteiger partial charge in [-0.1, -0.05) is 36.4 Å². The third-order valence-corrected chi connectivity index (χ3v) is 3.66. The van der Waals surface area contributed by atoms with Crippen molar-refractivity contribution in [1.29, 1.82) is 0 Å². The third kappa shape index (κ3) is 2.64. The predicted octanol–water partition coefficient (Wildman–Crippen LogP) is 4.46. The van der Waals surface area contributed by atoms with Gasteiger partial charge in [-0.3, -0.25) is 4.98 Å². The summed E-state index contributed by atoms with van der Waals surface area (Å²) >= 11 is 0. The minimum atomic E-state index is 0.821. The van der Waals surface area contributed by atoms with Crippen LogP contribution in [0.2, 0.25) is 0 Å². The average Bonchev–Trinajstić information content (AvgIpc) is 2.48. The number of aromatic nitrogens is 1. The number of fused-ring (bicyclic) bond motifs is 1. The molecule has 0 fully saturated rings. The van der Waals surface area contributed by atoms with E-state index in [4.69, 9.17) is 0 Å². The molecule has 0 aliphatic heterocycles. The summed E-state index contributed by atoms with van der Waals surface area (Å²) in [6.07, 6.45) is 1.89. The molecule has 2 heteroatoms. The quantitative estimate of drug-likeness (QED) is 0.753. The normalized spacial score (nSPS) is 10.7. The van der Waals surface area contributed by atoms with E-state index < -0.39 is 0 Å². The van der Waals surface area contributed by atoms with Crippen LogP contribution in [0.3, 0.4) is 0 Å². The number of para-hydroxylation sites is 1. The maximum absolute atomic E-state index is 4.46. The van der Waals surface area contributed by atoms with Gasteiger partial charge in [0.15, 0.2) is 0 Å². The molecule has 0 spiro atoms. The molecule has 1 N–H and O–H groups in total. The molecule has 0 saturated carbocycles. The Balaban J connectivity index is 1.77. The van der Waals surface area contributed by atoms with E-state index in [1.807, 2.05) is 24.4 Å². The molecule has 2 nitrogen and oxygen atoms in total. The minimum absolute atomic E-state index is 0.821. The molecule has 0 bridgehead atoms. The number of benzene rings is 2. The fourth-order valence-electron chi connectivity index (χ4n) is 2.29. The highest BCUT2D eigenvalue weighted by atomic mass is 14.9. The second kappa shape index (κ2) is 5.33. The van der Waals surface area contributed by atoms with Crippen LogP contribution in [-0.4, -0.2) is 4.98 Å². The van der Waals surface area contributed by atoms with Crippen LogP contribution in [-0.2, 0) is 6.54 Å². The molecule has 3 aromatic rings. The van der Waals surface area contributed by atoms with Gasteiger partial charge < -0.3 is 5.32 Å². The molecule has 1 heterocycles. The van der Waals surface area contributed by atoms with Crippen LogP contribution in [0.25, 0.3) is 10.9 Å². The van der Waals surface area contributed by atoms with Crippen molar-refractivity contribution in [3.63, 3.8) is 0 Å². The van der Waals surface area contributed by atoms with E-state index in [1.165, 1.54) is 16.7 Å². The fourth-order valence-corrected chi connectivity index (χ4v) is 2.29. The molecule has 0 unspecified atom stereocenters. The molecule has 0 aliphatic carbocycles. The Morgan fingerprint density at radius 3 is 2.65 bits per heavy atom. The van der Waals surface area contributed by atoms with Crippen LogP contribution >= 0.6 is 0 Å². The Morgan fingerprint density at radius 1 is 0.950 bits per heavy atom. The minimum Gasteiger partial charge on any atom is -0.380 e. The summed E-state index contributed by atoms with van der Waals surface area (Å²) in [5, 5.41) is 4.60. The molecular formula is C18H18N2. The number of pyridine rings is 1. The summed E-state index contributed by atoms with van der Waals surface area (Å²) in [6.45, 7) is 5.11. The van der Waals surface area contributed by atoms with E-state index >= 15 is 0 Å². The smallest absolute Gasteiger partial charge is 0.0703 e. The summed E-state index contributed by atoms with van der Waals surface area (Å²) < 4.78 is 0. The monoisotopic (exact) mass is 262 g/mol. The predicted molar refractivity (Wildman–Crippen MR) is 85.0 cm³/mol. The Kier molecular flexibility index (Phi) is 3.38. The number of nitrogens with zero attached hydrogens (tertiary/aromatic N) is 1. The van der Waals surface area contributed by atoms with Gasteiger partial charge in [0.05, 0.1) is 17.4 Å².